The van der Waals surface area contributed by atoms with E-state index in [2.05, 4.69) is 20.5 Å². The summed E-state index contributed by atoms with van der Waals surface area (Å²) in [5, 5.41) is 8.85. The van der Waals surface area contributed by atoms with E-state index < -0.39 is 0 Å². The van der Waals surface area contributed by atoms with Crippen molar-refractivity contribution < 1.29 is 9.53 Å². The summed E-state index contributed by atoms with van der Waals surface area (Å²) < 4.78 is 5.09. The number of ether oxygens (including phenoxy) is 1. The van der Waals surface area contributed by atoms with Gasteiger partial charge < -0.3 is 10.1 Å². The molecule has 2 N–H and O–H groups in total. The third-order valence-corrected chi connectivity index (χ3v) is 2.31. The molecule has 2 rings (SSSR count). The molecule has 0 saturated carbocycles. The van der Waals surface area contributed by atoms with Crippen LogP contribution < -0.4 is 10.1 Å². The molecule has 0 aliphatic rings. The Kier molecular flexibility index (Phi) is 3.04. The molecule has 0 spiro atoms. The first-order valence-electron chi connectivity index (χ1n) is 5.02. The highest BCUT2D eigenvalue weighted by Crippen LogP contribution is 2.21. The third kappa shape index (κ3) is 2.41. The van der Waals surface area contributed by atoms with Gasteiger partial charge in [-0.05, 0) is 30.7 Å². The lowest BCUT2D eigenvalue weighted by molar-refractivity contribution is 0.101. The number of hydrogen-bond donors (Lipinski definition) is 2. The molecule has 0 radical (unpaired) electrons. The maximum Gasteiger partial charge on any atom is 0.292 e. The standard InChI is InChI=1S/C11H12N4O2/c1-7-5-8(17-2)3-4-9(7)14-11(16)10-12-6-13-15-10/h3-6H,1-2H3,(H,14,16)(H,12,13,15). The first-order valence-corrected chi connectivity index (χ1v) is 5.02. The fourth-order valence-electron chi connectivity index (χ4n) is 1.40. The van der Waals surface area contributed by atoms with Crippen molar-refractivity contribution in [1.82, 2.24) is 15.2 Å². The number of hydrogen-bond acceptors (Lipinski definition) is 4. The number of H-pyrrole nitrogens is 1. The summed E-state index contributed by atoms with van der Waals surface area (Å²) >= 11 is 0. The Morgan fingerprint density at radius 3 is 2.88 bits per heavy atom. The molecule has 0 aliphatic carbocycles. The number of rotatable bonds is 3. The maximum absolute atomic E-state index is 11.7. The molecule has 1 heterocycles. The zero-order chi connectivity index (χ0) is 12.3. The second-order valence-electron chi connectivity index (χ2n) is 3.47. The Hall–Kier alpha value is -2.37. The highest BCUT2D eigenvalue weighted by molar-refractivity contribution is 6.01. The molecule has 1 aromatic carbocycles. The van der Waals surface area contributed by atoms with E-state index in [9.17, 15) is 4.79 Å². The number of nitrogens with one attached hydrogen (secondary N) is 2. The summed E-state index contributed by atoms with van der Waals surface area (Å²) in [7, 11) is 1.60. The lowest BCUT2D eigenvalue weighted by atomic mass is 10.2. The predicted molar refractivity (Wildman–Crippen MR) is 62.1 cm³/mol. The van der Waals surface area contributed by atoms with Gasteiger partial charge in [-0.3, -0.25) is 9.89 Å². The number of aromatic amines is 1. The van der Waals surface area contributed by atoms with Gasteiger partial charge in [0.25, 0.3) is 5.91 Å². The lowest BCUT2D eigenvalue weighted by Crippen LogP contribution is -2.14. The molecule has 0 saturated heterocycles. The van der Waals surface area contributed by atoms with Gasteiger partial charge in [-0.2, -0.15) is 5.10 Å². The van der Waals surface area contributed by atoms with Crippen molar-refractivity contribution in [3.63, 3.8) is 0 Å². The topological polar surface area (TPSA) is 79.9 Å². The molecular weight excluding hydrogens is 220 g/mol. The van der Waals surface area contributed by atoms with E-state index in [4.69, 9.17) is 4.74 Å². The van der Waals surface area contributed by atoms with Crippen molar-refractivity contribution in [2.24, 2.45) is 0 Å². The molecule has 0 aliphatic heterocycles. The Bertz CT molecular complexity index is 522. The van der Waals surface area contributed by atoms with Gasteiger partial charge in [-0.25, -0.2) is 4.98 Å². The minimum atomic E-state index is -0.323. The monoisotopic (exact) mass is 232 g/mol. The fraction of sp³-hybridized carbons (Fsp3) is 0.182. The van der Waals surface area contributed by atoms with Crippen LogP contribution in [0.25, 0.3) is 0 Å². The van der Waals surface area contributed by atoms with Gasteiger partial charge in [0.1, 0.15) is 12.1 Å². The second kappa shape index (κ2) is 4.65. The highest BCUT2D eigenvalue weighted by Gasteiger charge is 2.10. The van der Waals surface area contributed by atoms with E-state index in [0.29, 0.717) is 5.69 Å². The summed E-state index contributed by atoms with van der Waals surface area (Å²) in [6.07, 6.45) is 1.29. The predicted octanol–water partition coefficient (Wildman–Crippen LogP) is 1.37. The van der Waals surface area contributed by atoms with Gasteiger partial charge >= 0.3 is 0 Å². The van der Waals surface area contributed by atoms with Crippen LogP contribution in [0.2, 0.25) is 0 Å². The van der Waals surface area contributed by atoms with Crippen molar-refractivity contribution in [3.05, 3.63) is 35.9 Å². The van der Waals surface area contributed by atoms with Crippen LogP contribution in [-0.4, -0.2) is 28.2 Å². The van der Waals surface area contributed by atoms with E-state index in [-0.39, 0.29) is 11.7 Å². The number of carbonyl (C=O) groups is 1. The Morgan fingerprint density at radius 2 is 2.29 bits per heavy atom. The van der Waals surface area contributed by atoms with Gasteiger partial charge in [0.15, 0.2) is 0 Å². The largest absolute Gasteiger partial charge is 0.497 e. The molecule has 6 heteroatoms. The molecule has 6 nitrogen and oxygen atoms in total. The third-order valence-electron chi connectivity index (χ3n) is 2.31. The summed E-state index contributed by atoms with van der Waals surface area (Å²) in [5.74, 6) is 0.608. The van der Waals surface area contributed by atoms with Gasteiger partial charge in [0.2, 0.25) is 5.82 Å². The Balaban J connectivity index is 2.16. The normalized spacial score (nSPS) is 10.0. The van der Waals surface area contributed by atoms with E-state index in [1.807, 2.05) is 13.0 Å². The first-order chi connectivity index (χ1) is 8.20. The van der Waals surface area contributed by atoms with Gasteiger partial charge in [-0.1, -0.05) is 0 Å². The van der Waals surface area contributed by atoms with Crippen molar-refractivity contribution in [3.8, 4) is 5.75 Å². The van der Waals surface area contributed by atoms with E-state index >= 15 is 0 Å². The highest BCUT2D eigenvalue weighted by atomic mass is 16.5. The number of methoxy groups -OCH3 is 1. The van der Waals surface area contributed by atoms with Crippen LogP contribution in [0.4, 0.5) is 5.69 Å². The van der Waals surface area contributed by atoms with Crippen LogP contribution in [0.15, 0.2) is 24.5 Å². The van der Waals surface area contributed by atoms with Crippen LogP contribution in [0.5, 0.6) is 5.75 Å². The summed E-state index contributed by atoms with van der Waals surface area (Å²) in [4.78, 5) is 15.5. The van der Waals surface area contributed by atoms with Crippen molar-refractivity contribution in [1.29, 1.82) is 0 Å². The van der Waals surface area contributed by atoms with Crippen LogP contribution in [0.1, 0.15) is 16.2 Å². The van der Waals surface area contributed by atoms with E-state index in [1.165, 1.54) is 6.33 Å². The average Bonchev–Trinajstić information content (AvgIpc) is 2.85. The minimum absolute atomic E-state index is 0.181. The van der Waals surface area contributed by atoms with Crippen LogP contribution >= 0.6 is 0 Å². The smallest absolute Gasteiger partial charge is 0.292 e. The molecule has 1 aromatic heterocycles. The lowest BCUT2D eigenvalue weighted by Gasteiger charge is -2.08. The molecule has 2 aromatic rings. The van der Waals surface area contributed by atoms with Gasteiger partial charge in [-0.15, -0.1) is 0 Å². The summed E-state index contributed by atoms with van der Waals surface area (Å²) in [5.41, 5.74) is 1.63. The number of anilines is 1. The molecule has 17 heavy (non-hydrogen) atoms. The Labute approximate surface area is 98.0 Å². The number of nitrogens with zero attached hydrogens (tertiary/aromatic N) is 2. The fourth-order valence-corrected chi connectivity index (χ4v) is 1.40. The average molecular weight is 232 g/mol. The number of aryl methyl sites for hydroxylation is 1. The molecule has 0 atom stereocenters. The SMILES string of the molecule is COc1ccc(NC(=O)c2ncn[nH]2)c(C)c1. The Morgan fingerprint density at radius 1 is 1.47 bits per heavy atom. The molecule has 88 valence electrons. The van der Waals surface area contributed by atoms with Crippen LogP contribution in [-0.2, 0) is 0 Å². The minimum Gasteiger partial charge on any atom is -0.497 e. The summed E-state index contributed by atoms with van der Waals surface area (Å²) in [6.45, 7) is 1.89. The molecule has 0 bridgehead atoms. The quantitative estimate of drug-likeness (QED) is 0.837. The molecule has 0 unspecified atom stereocenters. The van der Waals surface area contributed by atoms with E-state index in [0.717, 1.165) is 11.3 Å². The van der Waals surface area contributed by atoms with E-state index in [1.54, 1.807) is 19.2 Å². The second-order valence-corrected chi connectivity index (χ2v) is 3.47. The van der Waals surface area contributed by atoms with Gasteiger partial charge in [0, 0.05) is 5.69 Å². The van der Waals surface area contributed by atoms with Crippen LogP contribution in [0, 0.1) is 6.92 Å². The maximum atomic E-state index is 11.7. The summed E-state index contributed by atoms with van der Waals surface area (Å²) in [6, 6.07) is 5.40. The zero-order valence-corrected chi connectivity index (χ0v) is 9.52. The number of benzene rings is 1. The molecular formula is C11H12N4O2. The molecule has 1 amide bonds. The van der Waals surface area contributed by atoms with Crippen molar-refractivity contribution >= 4 is 11.6 Å². The number of carbonyl (C=O) groups excluding carboxylic acids is 1. The van der Waals surface area contributed by atoms with Crippen LogP contribution in [0.3, 0.4) is 0 Å². The zero-order valence-electron chi connectivity index (χ0n) is 9.52. The van der Waals surface area contributed by atoms with Gasteiger partial charge in [0.05, 0.1) is 7.11 Å². The molecule has 0 fully saturated rings. The van der Waals surface area contributed by atoms with Crippen molar-refractivity contribution in [2.75, 3.05) is 12.4 Å². The first kappa shape index (κ1) is 11.1. The van der Waals surface area contributed by atoms with Crippen molar-refractivity contribution in [2.45, 2.75) is 6.92 Å². The number of amides is 1. The number of aromatic nitrogens is 3.